The maximum absolute atomic E-state index is 10.9. The van der Waals surface area contributed by atoms with Crippen molar-refractivity contribution in [1.29, 1.82) is 0 Å². The average molecular weight is 282 g/mol. The van der Waals surface area contributed by atoms with E-state index < -0.39 is 10.9 Å². The third kappa shape index (κ3) is 4.51. The summed E-state index contributed by atoms with van der Waals surface area (Å²) in [5, 5.41) is 19.8. The highest BCUT2D eigenvalue weighted by molar-refractivity contribution is 5.69. The molecule has 0 radical (unpaired) electrons. The average Bonchev–Trinajstić information content (AvgIpc) is 2.38. The Morgan fingerprint density at radius 3 is 2.70 bits per heavy atom. The predicted molar refractivity (Wildman–Crippen MR) is 72.9 cm³/mol. The lowest BCUT2D eigenvalue weighted by atomic mass is 10.1. The van der Waals surface area contributed by atoms with Gasteiger partial charge in [-0.15, -0.1) is 0 Å². The van der Waals surface area contributed by atoms with Gasteiger partial charge in [-0.05, 0) is 24.6 Å². The summed E-state index contributed by atoms with van der Waals surface area (Å²) in [4.78, 5) is 22.9. The molecule has 1 aromatic carbocycles. The number of nitrogens with zero attached hydrogens (tertiary/aromatic N) is 2. The van der Waals surface area contributed by atoms with Crippen LogP contribution < -0.4 is 4.74 Å². The van der Waals surface area contributed by atoms with Crippen LogP contribution in [0, 0.1) is 10.1 Å². The fourth-order valence-corrected chi connectivity index (χ4v) is 1.96. The van der Waals surface area contributed by atoms with Gasteiger partial charge in [-0.2, -0.15) is 0 Å². The third-order valence-electron chi connectivity index (χ3n) is 2.74. The van der Waals surface area contributed by atoms with E-state index in [1.54, 1.807) is 11.0 Å². The third-order valence-corrected chi connectivity index (χ3v) is 2.74. The van der Waals surface area contributed by atoms with Gasteiger partial charge in [-0.3, -0.25) is 19.8 Å². The standard InChI is InChI=1S/C13H18N2O5/c1-3-6-14(9-13(16)17)8-10-4-5-12(20-2)11(7-10)15(18)19/h4-5,7H,3,6,8-9H2,1-2H3,(H,16,17). The van der Waals surface area contributed by atoms with Crippen molar-refractivity contribution in [2.24, 2.45) is 0 Å². The fourth-order valence-electron chi connectivity index (χ4n) is 1.96. The minimum atomic E-state index is -0.915. The van der Waals surface area contributed by atoms with Crippen molar-refractivity contribution < 1.29 is 19.6 Å². The topological polar surface area (TPSA) is 92.9 Å². The number of rotatable bonds is 8. The summed E-state index contributed by atoms with van der Waals surface area (Å²) in [7, 11) is 1.37. The van der Waals surface area contributed by atoms with Crippen LogP contribution in [0.25, 0.3) is 0 Å². The van der Waals surface area contributed by atoms with Gasteiger partial charge in [0, 0.05) is 12.6 Å². The van der Waals surface area contributed by atoms with Crippen LogP contribution in [0.5, 0.6) is 5.75 Å². The number of nitro groups is 1. The number of carbonyl (C=O) groups is 1. The molecule has 0 aromatic heterocycles. The molecule has 0 aliphatic carbocycles. The molecule has 0 fully saturated rings. The van der Waals surface area contributed by atoms with Gasteiger partial charge in [-0.25, -0.2) is 0 Å². The highest BCUT2D eigenvalue weighted by atomic mass is 16.6. The molecule has 20 heavy (non-hydrogen) atoms. The molecular weight excluding hydrogens is 264 g/mol. The summed E-state index contributed by atoms with van der Waals surface area (Å²) in [5.74, 6) is -0.722. The van der Waals surface area contributed by atoms with Crippen molar-refractivity contribution in [2.45, 2.75) is 19.9 Å². The van der Waals surface area contributed by atoms with Crippen LogP contribution in [0.2, 0.25) is 0 Å². The Morgan fingerprint density at radius 2 is 2.20 bits per heavy atom. The molecule has 0 atom stereocenters. The maximum atomic E-state index is 10.9. The van der Waals surface area contributed by atoms with E-state index in [1.807, 2.05) is 6.92 Å². The van der Waals surface area contributed by atoms with Crippen molar-refractivity contribution in [2.75, 3.05) is 20.2 Å². The molecule has 1 rings (SSSR count). The van der Waals surface area contributed by atoms with Crippen LogP contribution in [0.1, 0.15) is 18.9 Å². The highest BCUT2D eigenvalue weighted by Crippen LogP contribution is 2.27. The Labute approximate surface area is 116 Å². The molecule has 0 aliphatic rings. The lowest BCUT2D eigenvalue weighted by Gasteiger charge is -2.19. The summed E-state index contributed by atoms with van der Waals surface area (Å²) < 4.78 is 4.93. The van der Waals surface area contributed by atoms with E-state index in [1.165, 1.54) is 19.2 Å². The van der Waals surface area contributed by atoms with Crippen LogP contribution in [0.4, 0.5) is 5.69 Å². The lowest BCUT2D eigenvalue weighted by molar-refractivity contribution is -0.385. The number of aliphatic carboxylic acids is 1. The van der Waals surface area contributed by atoms with E-state index in [4.69, 9.17) is 9.84 Å². The summed E-state index contributed by atoms with van der Waals surface area (Å²) in [6.07, 6.45) is 0.811. The molecule has 7 nitrogen and oxygen atoms in total. The van der Waals surface area contributed by atoms with Gasteiger partial charge < -0.3 is 9.84 Å². The largest absolute Gasteiger partial charge is 0.490 e. The number of methoxy groups -OCH3 is 1. The Balaban J connectivity index is 2.92. The van der Waals surface area contributed by atoms with E-state index in [9.17, 15) is 14.9 Å². The van der Waals surface area contributed by atoms with Gasteiger partial charge in [0.25, 0.3) is 0 Å². The van der Waals surface area contributed by atoms with E-state index in [2.05, 4.69) is 0 Å². The number of carboxylic acids is 1. The van der Waals surface area contributed by atoms with Crippen molar-refractivity contribution in [3.63, 3.8) is 0 Å². The van der Waals surface area contributed by atoms with Gasteiger partial charge in [0.2, 0.25) is 0 Å². The van der Waals surface area contributed by atoms with E-state index in [0.717, 1.165) is 6.42 Å². The van der Waals surface area contributed by atoms with E-state index in [-0.39, 0.29) is 18.0 Å². The van der Waals surface area contributed by atoms with Crippen LogP contribution in [0.15, 0.2) is 18.2 Å². The Kier molecular flexibility index (Phi) is 5.92. The maximum Gasteiger partial charge on any atom is 0.317 e. The van der Waals surface area contributed by atoms with Gasteiger partial charge in [0.15, 0.2) is 5.75 Å². The lowest BCUT2D eigenvalue weighted by Crippen LogP contribution is -2.30. The molecule has 1 aromatic rings. The monoisotopic (exact) mass is 282 g/mol. The van der Waals surface area contributed by atoms with Crippen molar-refractivity contribution in [3.05, 3.63) is 33.9 Å². The quantitative estimate of drug-likeness (QED) is 0.578. The number of ether oxygens (including phenoxy) is 1. The Morgan fingerprint density at radius 1 is 1.50 bits per heavy atom. The van der Waals surface area contributed by atoms with Crippen LogP contribution in [0.3, 0.4) is 0 Å². The summed E-state index contributed by atoms with van der Waals surface area (Å²) in [5.41, 5.74) is 0.573. The van der Waals surface area contributed by atoms with Crippen LogP contribution in [-0.2, 0) is 11.3 Å². The van der Waals surface area contributed by atoms with Crippen molar-refractivity contribution in [1.82, 2.24) is 4.90 Å². The molecular formula is C13H18N2O5. The first-order valence-electron chi connectivity index (χ1n) is 6.23. The summed E-state index contributed by atoms with van der Waals surface area (Å²) in [6, 6.07) is 4.65. The molecule has 0 saturated carbocycles. The van der Waals surface area contributed by atoms with Crippen molar-refractivity contribution >= 4 is 11.7 Å². The first-order chi connectivity index (χ1) is 9.47. The summed E-state index contributed by atoms with van der Waals surface area (Å²) >= 11 is 0. The number of hydrogen-bond donors (Lipinski definition) is 1. The van der Waals surface area contributed by atoms with E-state index >= 15 is 0 Å². The first kappa shape index (κ1) is 15.9. The smallest absolute Gasteiger partial charge is 0.317 e. The van der Waals surface area contributed by atoms with Crippen LogP contribution >= 0.6 is 0 Å². The Hall–Kier alpha value is -2.15. The predicted octanol–water partition coefficient (Wildman–Crippen LogP) is 1.90. The molecule has 0 spiro atoms. The number of nitro benzene ring substituents is 1. The van der Waals surface area contributed by atoms with Gasteiger partial charge in [0.05, 0.1) is 18.6 Å². The summed E-state index contributed by atoms with van der Waals surface area (Å²) in [6.45, 7) is 2.83. The fraction of sp³-hybridized carbons (Fsp3) is 0.462. The molecule has 0 saturated heterocycles. The number of carboxylic acid groups (broad SMARTS) is 1. The molecule has 0 aliphatic heterocycles. The second kappa shape index (κ2) is 7.44. The second-order valence-electron chi connectivity index (χ2n) is 4.37. The normalized spacial score (nSPS) is 10.6. The zero-order chi connectivity index (χ0) is 15.1. The highest BCUT2D eigenvalue weighted by Gasteiger charge is 2.17. The first-order valence-corrected chi connectivity index (χ1v) is 6.23. The molecule has 0 heterocycles. The van der Waals surface area contributed by atoms with Gasteiger partial charge >= 0.3 is 11.7 Å². The molecule has 1 N–H and O–H groups in total. The van der Waals surface area contributed by atoms with E-state index in [0.29, 0.717) is 18.7 Å². The molecule has 110 valence electrons. The Bertz CT molecular complexity index is 490. The number of hydrogen-bond acceptors (Lipinski definition) is 5. The van der Waals surface area contributed by atoms with Crippen LogP contribution in [-0.4, -0.2) is 41.1 Å². The zero-order valence-electron chi connectivity index (χ0n) is 11.5. The van der Waals surface area contributed by atoms with Gasteiger partial charge in [0.1, 0.15) is 0 Å². The van der Waals surface area contributed by atoms with Gasteiger partial charge in [-0.1, -0.05) is 13.0 Å². The molecule has 0 bridgehead atoms. The molecule has 0 unspecified atom stereocenters. The number of benzene rings is 1. The second-order valence-corrected chi connectivity index (χ2v) is 4.37. The zero-order valence-corrected chi connectivity index (χ0v) is 11.5. The minimum Gasteiger partial charge on any atom is -0.490 e. The SMILES string of the molecule is CCCN(CC(=O)O)Cc1ccc(OC)c([N+](=O)[O-])c1. The minimum absolute atomic E-state index is 0.0896. The molecule has 0 amide bonds. The van der Waals surface area contributed by atoms with Crippen molar-refractivity contribution in [3.8, 4) is 5.75 Å². The molecule has 7 heteroatoms.